The van der Waals surface area contributed by atoms with Crippen LogP contribution in [0.3, 0.4) is 0 Å². The molecule has 1 aromatic carbocycles. The highest BCUT2D eigenvalue weighted by molar-refractivity contribution is 14.1. The summed E-state index contributed by atoms with van der Waals surface area (Å²) in [7, 11) is 0. The second-order valence-electron chi connectivity index (χ2n) is 2.25. The van der Waals surface area contributed by atoms with Gasteiger partial charge in [0.25, 0.3) is 0 Å². The van der Waals surface area contributed by atoms with Gasteiger partial charge in [0.2, 0.25) is 0 Å². The average Bonchev–Trinajstić information content (AvgIpc) is 2.01. The van der Waals surface area contributed by atoms with Crippen molar-refractivity contribution in [1.82, 2.24) is 0 Å². The number of halogens is 4. The van der Waals surface area contributed by atoms with E-state index in [0.717, 1.165) is 0 Å². The molecule has 1 nitrogen and oxygen atoms in total. The average molecular weight is 299 g/mol. The summed E-state index contributed by atoms with van der Waals surface area (Å²) in [5, 5.41) is 0. The number of para-hydroxylation sites is 1. The Balaban J connectivity index is 2.86. The highest BCUT2D eigenvalue weighted by Gasteiger charge is 2.23. The molecule has 0 radical (unpaired) electrons. The molecule has 0 heterocycles. The van der Waals surface area contributed by atoms with Gasteiger partial charge in [-0.2, -0.15) is 13.2 Å². The zero-order valence-electron chi connectivity index (χ0n) is 6.35. The van der Waals surface area contributed by atoms with Crippen molar-refractivity contribution in [3.05, 3.63) is 27.8 Å². The fraction of sp³-hybridized carbons (Fsp3) is 0.125. The highest BCUT2D eigenvalue weighted by Crippen LogP contribution is 2.21. The van der Waals surface area contributed by atoms with E-state index in [0.29, 0.717) is 9.26 Å². The van der Waals surface area contributed by atoms with Crippen molar-refractivity contribution < 1.29 is 13.2 Å². The first-order valence-electron chi connectivity index (χ1n) is 3.35. The van der Waals surface area contributed by atoms with Crippen molar-refractivity contribution in [2.75, 3.05) is 0 Å². The number of hydrogen-bond donors (Lipinski definition) is 0. The minimum Gasteiger partial charge on any atom is -0.251 e. The lowest BCUT2D eigenvalue weighted by atomic mass is 10.3. The molecule has 0 N–H and O–H groups in total. The lowest BCUT2D eigenvalue weighted by molar-refractivity contribution is -0.0535. The molecule has 0 aliphatic carbocycles. The lowest BCUT2D eigenvalue weighted by Crippen LogP contribution is -2.07. The molecule has 0 fully saturated rings. The van der Waals surface area contributed by atoms with Crippen LogP contribution >= 0.6 is 22.6 Å². The van der Waals surface area contributed by atoms with E-state index in [1.54, 1.807) is 18.2 Å². The Morgan fingerprint density at radius 2 is 1.85 bits per heavy atom. The molecule has 0 unspecified atom stereocenters. The molecule has 0 saturated carbocycles. The molecule has 0 atom stereocenters. The predicted octanol–water partition coefficient (Wildman–Crippen LogP) is 3.56. The molecule has 13 heavy (non-hydrogen) atoms. The number of rotatable bonds is 1. The number of hydrogen-bond acceptors (Lipinski definition) is 1. The fourth-order valence-corrected chi connectivity index (χ4v) is 1.23. The lowest BCUT2D eigenvalue weighted by Gasteiger charge is -1.98. The number of aliphatic imine (C=N–C) groups is 1. The topological polar surface area (TPSA) is 12.4 Å². The molecular weight excluding hydrogens is 294 g/mol. The summed E-state index contributed by atoms with van der Waals surface area (Å²) < 4.78 is 35.9. The molecule has 0 saturated heterocycles. The van der Waals surface area contributed by atoms with Gasteiger partial charge in [0.05, 0.1) is 5.69 Å². The van der Waals surface area contributed by atoms with E-state index in [1.807, 2.05) is 22.6 Å². The molecule has 0 amide bonds. The first-order chi connectivity index (χ1) is 5.99. The third-order valence-electron chi connectivity index (χ3n) is 1.20. The highest BCUT2D eigenvalue weighted by atomic mass is 127. The van der Waals surface area contributed by atoms with E-state index in [-0.39, 0.29) is 6.21 Å². The molecule has 0 aromatic heterocycles. The first kappa shape index (κ1) is 10.5. The van der Waals surface area contributed by atoms with Crippen molar-refractivity contribution in [3.8, 4) is 0 Å². The monoisotopic (exact) mass is 299 g/mol. The van der Waals surface area contributed by atoms with E-state index in [4.69, 9.17) is 0 Å². The van der Waals surface area contributed by atoms with Crippen LogP contribution in [0, 0.1) is 3.57 Å². The summed E-state index contributed by atoms with van der Waals surface area (Å²) in [4.78, 5) is 3.32. The van der Waals surface area contributed by atoms with Crippen LogP contribution in [0.2, 0.25) is 0 Å². The van der Waals surface area contributed by atoms with Gasteiger partial charge in [0, 0.05) is 3.57 Å². The summed E-state index contributed by atoms with van der Waals surface area (Å²) in [6.45, 7) is 0. The zero-order chi connectivity index (χ0) is 9.90. The van der Waals surface area contributed by atoms with Gasteiger partial charge in [0.1, 0.15) is 6.21 Å². The van der Waals surface area contributed by atoms with Gasteiger partial charge in [-0.1, -0.05) is 12.1 Å². The van der Waals surface area contributed by atoms with Gasteiger partial charge < -0.3 is 0 Å². The molecule has 1 rings (SSSR count). The zero-order valence-corrected chi connectivity index (χ0v) is 8.50. The first-order valence-corrected chi connectivity index (χ1v) is 4.43. The normalized spacial score (nSPS) is 12.3. The van der Waals surface area contributed by atoms with E-state index >= 15 is 0 Å². The molecule has 1 aromatic rings. The van der Waals surface area contributed by atoms with E-state index in [1.165, 1.54) is 6.07 Å². The minimum atomic E-state index is -4.35. The Bertz CT molecular complexity index is 319. The molecule has 0 aliphatic rings. The summed E-state index contributed by atoms with van der Waals surface area (Å²) in [6, 6.07) is 6.62. The van der Waals surface area contributed by atoms with Crippen LogP contribution in [0.5, 0.6) is 0 Å². The second kappa shape index (κ2) is 4.08. The summed E-state index contributed by atoms with van der Waals surface area (Å²) in [6.07, 6.45) is -4.36. The molecule has 70 valence electrons. The van der Waals surface area contributed by atoms with Gasteiger partial charge in [-0.05, 0) is 34.7 Å². The summed E-state index contributed by atoms with van der Waals surface area (Å²) in [5.41, 5.74) is 0.334. The second-order valence-corrected chi connectivity index (χ2v) is 3.41. The molecule has 0 spiro atoms. The van der Waals surface area contributed by atoms with Crippen LogP contribution in [0.25, 0.3) is 0 Å². The van der Waals surface area contributed by atoms with Crippen molar-refractivity contribution >= 4 is 34.5 Å². The minimum absolute atomic E-state index is 0.00943. The van der Waals surface area contributed by atoms with Gasteiger partial charge in [-0.15, -0.1) is 0 Å². The van der Waals surface area contributed by atoms with E-state index in [2.05, 4.69) is 4.99 Å². The Labute approximate surface area is 86.8 Å². The fourth-order valence-electron chi connectivity index (χ4n) is 0.699. The van der Waals surface area contributed by atoms with Crippen LogP contribution < -0.4 is 0 Å². The smallest absolute Gasteiger partial charge is 0.251 e. The van der Waals surface area contributed by atoms with E-state index < -0.39 is 6.18 Å². The standard InChI is InChI=1S/C8H5F3IN/c9-8(10,11)5-13-7-4-2-1-3-6(7)12/h1-5H. The Morgan fingerprint density at radius 3 is 2.38 bits per heavy atom. The van der Waals surface area contributed by atoms with Crippen LogP contribution in [0.1, 0.15) is 0 Å². The van der Waals surface area contributed by atoms with Crippen LogP contribution in [-0.2, 0) is 0 Å². The van der Waals surface area contributed by atoms with Gasteiger partial charge in [0.15, 0.2) is 0 Å². The number of benzene rings is 1. The van der Waals surface area contributed by atoms with Crippen molar-refractivity contribution in [2.24, 2.45) is 4.99 Å². The van der Waals surface area contributed by atoms with Gasteiger partial charge in [-0.3, -0.25) is 4.99 Å². The molecule has 0 aliphatic heterocycles. The SMILES string of the molecule is FC(F)(F)C=Nc1ccccc1I. The summed E-state index contributed by atoms with van der Waals surface area (Å²) in [5.74, 6) is 0. The third kappa shape index (κ3) is 3.75. The molecule has 0 bridgehead atoms. The number of alkyl halides is 3. The largest absolute Gasteiger partial charge is 0.426 e. The van der Waals surface area contributed by atoms with Crippen LogP contribution in [0.15, 0.2) is 29.3 Å². The third-order valence-corrected chi connectivity index (χ3v) is 2.11. The Kier molecular flexibility index (Phi) is 3.29. The Hall–Kier alpha value is -0.590. The van der Waals surface area contributed by atoms with Gasteiger partial charge in [-0.25, -0.2) is 0 Å². The maximum atomic E-state index is 11.7. The maximum absolute atomic E-state index is 11.7. The van der Waals surface area contributed by atoms with E-state index in [9.17, 15) is 13.2 Å². The van der Waals surface area contributed by atoms with Gasteiger partial charge >= 0.3 is 6.18 Å². The Morgan fingerprint density at radius 1 is 1.23 bits per heavy atom. The quantitative estimate of drug-likeness (QED) is 0.555. The maximum Gasteiger partial charge on any atom is 0.426 e. The molecule has 5 heteroatoms. The summed E-state index contributed by atoms with van der Waals surface area (Å²) >= 11 is 1.93. The van der Waals surface area contributed by atoms with Crippen LogP contribution in [0.4, 0.5) is 18.9 Å². The number of nitrogens with zero attached hydrogens (tertiary/aromatic N) is 1. The van der Waals surface area contributed by atoms with Crippen molar-refractivity contribution in [1.29, 1.82) is 0 Å². The van der Waals surface area contributed by atoms with Crippen molar-refractivity contribution in [3.63, 3.8) is 0 Å². The predicted molar refractivity (Wildman–Crippen MR) is 53.4 cm³/mol. The van der Waals surface area contributed by atoms with Crippen molar-refractivity contribution in [2.45, 2.75) is 6.18 Å². The molecular formula is C8H5F3IN. The van der Waals surface area contributed by atoms with Crippen LogP contribution in [-0.4, -0.2) is 12.4 Å².